The third-order valence-electron chi connectivity index (χ3n) is 4.83. The molecule has 1 aromatic heterocycles. The molecular formula is C18H29N5O3. The van der Waals surface area contributed by atoms with Crippen molar-refractivity contribution in [1.29, 1.82) is 0 Å². The van der Waals surface area contributed by atoms with Crippen molar-refractivity contribution in [2.24, 2.45) is 0 Å². The molecule has 26 heavy (non-hydrogen) atoms. The Bertz CT molecular complexity index is 574. The van der Waals surface area contributed by atoms with E-state index in [1.54, 1.807) is 6.20 Å². The highest BCUT2D eigenvalue weighted by molar-refractivity contribution is 5.73. The summed E-state index contributed by atoms with van der Waals surface area (Å²) >= 11 is 0. The van der Waals surface area contributed by atoms with E-state index in [1.165, 1.54) is 0 Å². The van der Waals surface area contributed by atoms with Crippen LogP contribution in [0.3, 0.4) is 0 Å². The summed E-state index contributed by atoms with van der Waals surface area (Å²) in [6, 6.07) is 4.12. The predicted octanol–water partition coefficient (Wildman–Crippen LogP) is 0.438. The highest BCUT2D eigenvalue weighted by Crippen LogP contribution is 2.14. The van der Waals surface area contributed by atoms with Crippen LogP contribution in [0.1, 0.15) is 12.5 Å². The number of nitrogens with one attached hydrogen (secondary N) is 2. The summed E-state index contributed by atoms with van der Waals surface area (Å²) in [7, 11) is 0. The van der Waals surface area contributed by atoms with Crippen LogP contribution in [-0.2, 0) is 16.0 Å². The lowest BCUT2D eigenvalue weighted by molar-refractivity contribution is 0.0209. The van der Waals surface area contributed by atoms with Gasteiger partial charge < -0.3 is 25.0 Å². The number of urea groups is 1. The quantitative estimate of drug-likeness (QED) is 0.764. The Kier molecular flexibility index (Phi) is 7.04. The van der Waals surface area contributed by atoms with Crippen molar-refractivity contribution >= 4 is 11.8 Å². The number of rotatable bonds is 6. The van der Waals surface area contributed by atoms with Gasteiger partial charge in [-0.15, -0.1) is 0 Å². The zero-order chi connectivity index (χ0) is 18.2. The Hall–Kier alpha value is -1.90. The molecule has 0 saturated carbocycles. The lowest BCUT2D eigenvalue weighted by Gasteiger charge is -2.32. The Morgan fingerprint density at radius 2 is 1.85 bits per heavy atom. The van der Waals surface area contributed by atoms with Crippen LogP contribution in [0.25, 0.3) is 0 Å². The monoisotopic (exact) mass is 363 g/mol. The molecule has 0 radical (unpaired) electrons. The molecule has 2 N–H and O–H groups in total. The minimum absolute atomic E-state index is 0.144. The lowest BCUT2D eigenvalue weighted by atomic mass is 10.2. The number of anilines is 1. The van der Waals surface area contributed by atoms with Crippen LogP contribution in [0.4, 0.5) is 10.6 Å². The van der Waals surface area contributed by atoms with Crippen LogP contribution in [0.5, 0.6) is 0 Å². The average molecular weight is 363 g/mol. The number of nitrogens with zero attached hydrogens (tertiary/aromatic N) is 3. The number of ether oxygens (including phenoxy) is 2. The van der Waals surface area contributed by atoms with Crippen molar-refractivity contribution in [2.75, 3.05) is 64.1 Å². The van der Waals surface area contributed by atoms with Gasteiger partial charge in [0, 0.05) is 51.5 Å². The summed E-state index contributed by atoms with van der Waals surface area (Å²) in [4.78, 5) is 21.0. The summed E-state index contributed by atoms with van der Waals surface area (Å²) in [5.74, 6) is 0.939. The maximum absolute atomic E-state index is 12.1. The van der Waals surface area contributed by atoms with E-state index in [0.29, 0.717) is 19.1 Å². The summed E-state index contributed by atoms with van der Waals surface area (Å²) in [5.41, 5.74) is 1.04. The van der Waals surface area contributed by atoms with Gasteiger partial charge in [-0.2, -0.15) is 0 Å². The number of hydrogen-bond donors (Lipinski definition) is 2. The topological polar surface area (TPSA) is 79.0 Å². The van der Waals surface area contributed by atoms with Crippen molar-refractivity contribution in [3.63, 3.8) is 0 Å². The molecule has 2 fully saturated rings. The molecule has 0 aliphatic carbocycles. The van der Waals surface area contributed by atoms with Gasteiger partial charge in [-0.25, -0.2) is 9.78 Å². The number of amides is 2. The smallest absolute Gasteiger partial charge is 0.315 e. The van der Waals surface area contributed by atoms with Crippen molar-refractivity contribution in [3.8, 4) is 0 Å². The number of aromatic nitrogens is 1. The molecule has 1 atom stereocenters. The average Bonchev–Trinajstić information content (AvgIpc) is 2.72. The second-order valence-corrected chi connectivity index (χ2v) is 6.68. The number of carbonyl (C=O) groups is 1. The van der Waals surface area contributed by atoms with Gasteiger partial charge in [0.05, 0.1) is 26.4 Å². The molecule has 8 heteroatoms. The van der Waals surface area contributed by atoms with Crippen LogP contribution in [0, 0.1) is 0 Å². The van der Waals surface area contributed by atoms with Crippen LogP contribution in [0.15, 0.2) is 18.3 Å². The SMILES string of the molecule is CC(CNC(=O)NCc1ccnc(N2CCOCC2)c1)N1CCOCC1. The van der Waals surface area contributed by atoms with Gasteiger partial charge in [0.2, 0.25) is 0 Å². The van der Waals surface area contributed by atoms with E-state index < -0.39 is 0 Å². The van der Waals surface area contributed by atoms with Gasteiger partial charge in [-0.1, -0.05) is 0 Å². The summed E-state index contributed by atoms with van der Waals surface area (Å²) in [5, 5.41) is 5.88. The highest BCUT2D eigenvalue weighted by atomic mass is 16.5. The largest absolute Gasteiger partial charge is 0.379 e. The lowest BCUT2D eigenvalue weighted by Crippen LogP contribution is -2.48. The summed E-state index contributed by atoms with van der Waals surface area (Å²) < 4.78 is 10.7. The van der Waals surface area contributed by atoms with Crippen molar-refractivity contribution < 1.29 is 14.3 Å². The molecular weight excluding hydrogens is 334 g/mol. The van der Waals surface area contributed by atoms with Gasteiger partial charge in [0.25, 0.3) is 0 Å². The van der Waals surface area contributed by atoms with E-state index in [-0.39, 0.29) is 6.03 Å². The molecule has 2 aliphatic heterocycles. The second-order valence-electron chi connectivity index (χ2n) is 6.68. The molecule has 3 rings (SSSR count). The van der Waals surface area contributed by atoms with E-state index in [2.05, 4.69) is 32.3 Å². The number of carbonyl (C=O) groups excluding carboxylic acids is 1. The first-order valence-electron chi connectivity index (χ1n) is 9.33. The molecule has 1 unspecified atom stereocenters. The molecule has 0 aromatic carbocycles. The maximum Gasteiger partial charge on any atom is 0.315 e. The Morgan fingerprint density at radius 1 is 1.15 bits per heavy atom. The van der Waals surface area contributed by atoms with Gasteiger partial charge in [-0.05, 0) is 24.6 Å². The zero-order valence-corrected chi connectivity index (χ0v) is 15.4. The molecule has 8 nitrogen and oxygen atoms in total. The van der Waals surface area contributed by atoms with Crippen LogP contribution < -0.4 is 15.5 Å². The molecule has 0 spiro atoms. The fourth-order valence-electron chi connectivity index (χ4n) is 3.17. The zero-order valence-electron chi connectivity index (χ0n) is 15.4. The van der Waals surface area contributed by atoms with Crippen LogP contribution >= 0.6 is 0 Å². The Morgan fingerprint density at radius 3 is 2.58 bits per heavy atom. The first-order chi connectivity index (χ1) is 12.7. The Balaban J connectivity index is 1.41. The number of pyridine rings is 1. The normalized spacial score (nSPS) is 19.8. The van der Waals surface area contributed by atoms with Crippen LogP contribution in [0.2, 0.25) is 0 Å². The molecule has 0 bridgehead atoms. The third kappa shape index (κ3) is 5.55. The fourth-order valence-corrected chi connectivity index (χ4v) is 3.17. The molecule has 2 saturated heterocycles. The van der Waals surface area contributed by atoms with Gasteiger partial charge in [0.1, 0.15) is 5.82 Å². The maximum atomic E-state index is 12.1. The van der Waals surface area contributed by atoms with Crippen molar-refractivity contribution in [3.05, 3.63) is 23.9 Å². The van der Waals surface area contributed by atoms with Gasteiger partial charge in [-0.3, -0.25) is 4.90 Å². The fraction of sp³-hybridized carbons (Fsp3) is 0.667. The summed E-state index contributed by atoms with van der Waals surface area (Å²) in [6.07, 6.45) is 1.79. The van der Waals surface area contributed by atoms with Crippen molar-refractivity contribution in [2.45, 2.75) is 19.5 Å². The number of morpholine rings is 2. The minimum atomic E-state index is -0.144. The predicted molar refractivity (Wildman–Crippen MR) is 99.4 cm³/mol. The van der Waals surface area contributed by atoms with E-state index in [9.17, 15) is 4.79 Å². The van der Waals surface area contributed by atoms with E-state index in [1.807, 2.05) is 12.1 Å². The molecule has 3 heterocycles. The molecule has 144 valence electrons. The van der Waals surface area contributed by atoms with E-state index >= 15 is 0 Å². The molecule has 2 aliphatic rings. The van der Waals surface area contributed by atoms with E-state index in [4.69, 9.17) is 9.47 Å². The molecule has 2 amide bonds. The minimum Gasteiger partial charge on any atom is -0.379 e. The summed E-state index contributed by atoms with van der Waals surface area (Å²) in [6.45, 7) is 9.78. The second kappa shape index (κ2) is 9.70. The highest BCUT2D eigenvalue weighted by Gasteiger charge is 2.17. The van der Waals surface area contributed by atoms with E-state index in [0.717, 1.165) is 64.0 Å². The van der Waals surface area contributed by atoms with Gasteiger partial charge >= 0.3 is 6.03 Å². The molecule has 1 aromatic rings. The van der Waals surface area contributed by atoms with Crippen LogP contribution in [-0.4, -0.2) is 81.1 Å². The first kappa shape index (κ1) is 18.9. The standard InChI is InChI=1S/C18H29N5O3/c1-15(22-4-8-25-9-5-22)13-20-18(24)21-14-16-2-3-19-17(12-16)23-6-10-26-11-7-23/h2-3,12,15H,4-11,13-14H2,1H3,(H2,20,21,24). The number of hydrogen-bond acceptors (Lipinski definition) is 6. The third-order valence-corrected chi connectivity index (χ3v) is 4.83. The Labute approximate surface area is 154 Å². The van der Waals surface area contributed by atoms with Crippen molar-refractivity contribution in [1.82, 2.24) is 20.5 Å². The first-order valence-corrected chi connectivity index (χ1v) is 9.33. The van der Waals surface area contributed by atoms with Gasteiger partial charge in [0.15, 0.2) is 0 Å².